The number of hydrogen-bond donors (Lipinski definition) is 0. The van der Waals surface area contributed by atoms with Gasteiger partial charge in [-0.25, -0.2) is 0 Å². The molecule has 3 saturated carbocycles. The Kier molecular flexibility index (Phi) is 5.84. The summed E-state index contributed by atoms with van der Waals surface area (Å²) in [6.45, 7) is 15.0. The number of fused-ring (bicyclic) bond motifs is 5. The van der Waals surface area contributed by atoms with Gasteiger partial charge in [0.15, 0.2) is 5.78 Å². The maximum Gasteiger partial charge on any atom is 0.155 e. The Morgan fingerprint density at radius 2 is 1.69 bits per heavy atom. The molecule has 164 valence electrons. The summed E-state index contributed by atoms with van der Waals surface area (Å²) in [6, 6.07) is 0. The minimum Gasteiger partial charge on any atom is -0.295 e. The summed E-state index contributed by atoms with van der Waals surface area (Å²) >= 11 is 0. The molecule has 4 rings (SSSR count). The van der Waals surface area contributed by atoms with E-state index in [1.54, 1.807) is 0 Å². The first-order chi connectivity index (χ1) is 13.7. The molecule has 4 aliphatic carbocycles. The quantitative estimate of drug-likeness (QED) is 0.461. The topological polar surface area (TPSA) is 17.1 Å². The van der Waals surface area contributed by atoms with Gasteiger partial charge in [0, 0.05) is 6.42 Å². The van der Waals surface area contributed by atoms with Crippen molar-refractivity contribution in [1.29, 1.82) is 0 Å². The average Bonchev–Trinajstić information content (AvgIpc) is 3.03. The summed E-state index contributed by atoms with van der Waals surface area (Å²) in [4.78, 5) is 12.0. The van der Waals surface area contributed by atoms with Crippen molar-refractivity contribution in [2.24, 2.45) is 52.3 Å². The van der Waals surface area contributed by atoms with Crippen LogP contribution in [0, 0.1) is 52.3 Å². The van der Waals surface area contributed by atoms with Crippen molar-refractivity contribution >= 4 is 5.78 Å². The van der Waals surface area contributed by atoms with Gasteiger partial charge in [-0.3, -0.25) is 4.79 Å². The minimum absolute atomic E-state index is 0.328. The number of allylic oxidation sites excluding steroid dienone is 1. The second-order valence-corrected chi connectivity index (χ2v) is 12.5. The molecule has 0 heterocycles. The lowest BCUT2D eigenvalue weighted by Gasteiger charge is -2.58. The molecular formula is C28H46O. The highest BCUT2D eigenvalue weighted by atomic mass is 16.1. The zero-order valence-electron chi connectivity index (χ0n) is 20.1. The van der Waals surface area contributed by atoms with Crippen molar-refractivity contribution in [2.75, 3.05) is 0 Å². The number of hydrogen-bond acceptors (Lipinski definition) is 1. The lowest BCUT2D eigenvalue weighted by molar-refractivity contribution is -0.117. The van der Waals surface area contributed by atoms with E-state index in [4.69, 9.17) is 0 Å². The van der Waals surface area contributed by atoms with E-state index in [2.05, 4.69) is 47.6 Å². The fourth-order valence-electron chi connectivity index (χ4n) is 8.59. The van der Waals surface area contributed by atoms with Gasteiger partial charge < -0.3 is 0 Å². The third-order valence-corrected chi connectivity index (χ3v) is 10.9. The van der Waals surface area contributed by atoms with Gasteiger partial charge in [-0.2, -0.15) is 0 Å². The van der Waals surface area contributed by atoms with Crippen molar-refractivity contribution in [2.45, 2.75) is 106 Å². The molecule has 29 heavy (non-hydrogen) atoms. The van der Waals surface area contributed by atoms with Crippen molar-refractivity contribution < 1.29 is 4.79 Å². The van der Waals surface area contributed by atoms with Gasteiger partial charge in [0.1, 0.15) is 0 Å². The van der Waals surface area contributed by atoms with Crippen LogP contribution in [0.5, 0.6) is 0 Å². The molecule has 0 amide bonds. The maximum atomic E-state index is 12.0. The average molecular weight is 399 g/mol. The third kappa shape index (κ3) is 3.57. The predicted molar refractivity (Wildman–Crippen MR) is 123 cm³/mol. The zero-order chi connectivity index (χ0) is 21.0. The lowest BCUT2D eigenvalue weighted by Crippen LogP contribution is -2.51. The second kappa shape index (κ2) is 7.83. The summed E-state index contributed by atoms with van der Waals surface area (Å²) in [5.41, 5.74) is 2.42. The first kappa shape index (κ1) is 21.6. The van der Waals surface area contributed by atoms with Crippen LogP contribution in [0.3, 0.4) is 0 Å². The number of carbonyl (C=O) groups excluding carboxylic acids is 1. The Labute approximate surface area is 180 Å². The molecule has 1 heteroatoms. The molecule has 0 aromatic rings. The summed E-state index contributed by atoms with van der Waals surface area (Å²) in [5.74, 6) is 6.57. The molecule has 0 radical (unpaired) electrons. The van der Waals surface area contributed by atoms with Gasteiger partial charge in [0.05, 0.1) is 0 Å². The van der Waals surface area contributed by atoms with Gasteiger partial charge in [0.2, 0.25) is 0 Å². The number of carbonyl (C=O) groups is 1. The van der Waals surface area contributed by atoms with Gasteiger partial charge in [-0.15, -0.1) is 0 Å². The van der Waals surface area contributed by atoms with Crippen LogP contribution < -0.4 is 0 Å². The van der Waals surface area contributed by atoms with Crippen molar-refractivity contribution in [1.82, 2.24) is 0 Å². The van der Waals surface area contributed by atoms with Gasteiger partial charge in [-0.05, 0) is 103 Å². The largest absolute Gasteiger partial charge is 0.295 e. The Morgan fingerprint density at radius 1 is 0.931 bits per heavy atom. The first-order valence-corrected chi connectivity index (χ1v) is 12.9. The molecule has 0 aromatic carbocycles. The molecule has 0 aromatic heterocycles. The normalized spacial score (nSPS) is 44.0. The predicted octanol–water partition coefficient (Wildman–Crippen LogP) is 7.84. The van der Waals surface area contributed by atoms with E-state index in [-0.39, 0.29) is 0 Å². The second-order valence-electron chi connectivity index (χ2n) is 12.5. The van der Waals surface area contributed by atoms with Crippen LogP contribution in [0.4, 0.5) is 0 Å². The Morgan fingerprint density at radius 3 is 2.41 bits per heavy atom. The molecule has 0 N–H and O–H groups in total. The van der Waals surface area contributed by atoms with Crippen LogP contribution in [0.2, 0.25) is 0 Å². The van der Waals surface area contributed by atoms with Crippen LogP contribution >= 0.6 is 0 Å². The van der Waals surface area contributed by atoms with E-state index in [0.29, 0.717) is 16.6 Å². The van der Waals surface area contributed by atoms with E-state index in [0.717, 1.165) is 54.3 Å². The molecule has 2 unspecified atom stereocenters. The van der Waals surface area contributed by atoms with Gasteiger partial charge in [-0.1, -0.05) is 60.0 Å². The molecule has 0 aliphatic heterocycles. The van der Waals surface area contributed by atoms with Crippen LogP contribution in [-0.2, 0) is 4.79 Å². The first-order valence-electron chi connectivity index (χ1n) is 12.9. The number of ketones is 1. The van der Waals surface area contributed by atoms with Crippen molar-refractivity contribution in [3.63, 3.8) is 0 Å². The van der Waals surface area contributed by atoms with Crippen molar-refractivity contribution in [3.05, 3.63) is 11.6 Å². The van der Waals surface area contributed by atoms with Crippen LogP contribution in [-0.4, -0.2) is 5.78 Å². The fourth-order valence-corrected chi connectivity index (χ4v) is 8.59. The van der Waals surface area contributed by atoms with Gasteiger partial charge in [0.25, 0.3) is 0 Å². The summed E-state index contributed by atoms with van der Waals surface area (Å²) in [7, 11) is 0. The standard InChI is InChI=1S/C28H46O/c1-18(2)19(3)7-8-20(4)24-11-12-25-23-10-9-21-17-22(29)13-15-27(21,5)26(23)14-16-28(24,25)6/h17-20,23-26H,7-16H2,1-6H3/t19?,20?,23-,24+,25-,26-,27-,28+/m0/s1. The highest BCUT2D eigenvalue weighted by molar-refractivity contribution is 5.91. The molecule has 3 fully saturated rings. The molecular weight excluding hydrogens is 352 g/mol. The van der Waals surface area contributed by atoms with E-state index in [1.165, 1.54) is 56.9 Å². The van der Waals surface area contributed by atoms with Crippen LogP contribution in [0.15, 0.2) is 11.6 Å². The summed E-state index contributed by atoms with van der Waals surface area (Å²) in [6.07, 6.45) is 15.1. The molecule has 0 saturated heterocycles. The number of rotatable bonds is 5. The van der Waals surface area contributed by atoms with E-state index >= 15 is 0 Å². The lowest BCUT2D eigenvalue weighted by atomic mass is 9.46. The van der Waals surface area contributed by atoms with Crippen molar-refractivity contribution in [3.8, 4) is 0 Å². The molecule has 0 bridgehead atoms. The third-order valence-electron chi connectivity index (χ3n) is 10.9. The van der Waals surface area contributed by atoms with E-state index in [1.807, 2.05) is 0 Å². The Hall–Kier alpha value is -0.590. The monoisotopic (exact) mass is 398 g/mol. The highest BCUT2D eigenvalue weighted by Crippen LogP contribution is 2.67. The molecule has 0 spiro atoms. The van der Waals surface area contributed by atoms with Gasteiger partial charge >= 0.3 is 0 Å². The van der Waals surface area contributed by atoms with Crippen LogP contribution in [0.1, 0.15) is 106 Å². The smallest absolute Gasteiger partial charge is 0.155 e. The maximum absolute atomic E-state index is 12.0. The summed E-state index contributed by atoms with van der Waals surface area (Å²) in [5, 5.41) is 0. The molecule has 4 aliphatic rings. The molecule has 1 nitrogen and oxygen atoms in total. The van der Waals surface area contributed by atoms with E-state index in [9.17, 15) is 4.79 Å². The molecule has 8 atom stereocenters. The Balaban J connectivity index is 1.49. The van der Waals surface area contributed by atoms with Crippen LogP contribution in [0.25, 0.3) is 0 Å². The zero-order valence-corrected chi connectivity index (χ0v) is 20.1. The van der Waals surface area contributed by atoms with E-state index < -0.39 is 0 Å². The highest BCUT2D eigenvalue weighted by Gasteiger charge is 2.59. The summed E-state index contributed by atoms with van der Waals surface area (Å²) < 4.78 is 0. The Bertz CT molecular complexity index is 659. The SMILES string of the molecule is CC(C)C(C)CCC(C)[C@H]1CC[C@H]2[C@@H]3CCC4=CC(=O)CC[C@]4(C)[C@H]3CC[C@]12C. The minimum atomic E-state index is 0.328. The fraction of sp³-hybridized carbons (Fsp3) is 0.893.